The van der Waals surface area contributed by atoms with E-state index in [0.717, 1.165) is 19.3 Å². The third-order valence-corrected chi connectivity index (χ3v) is 3.28. The minimum atomic E-state index is -0.424. The van der Waals surface area contributed by atoms with Gasteiger partial charge in [-0.3, -0.25) is 14.3 Å². The molecule has 1 aromatic carbocycles. The first-order valence-electron chi connectivity index (χ1n) is 6.06. The van der Waals surface area contributed by atoms with E-state index in [4.69, 9.17) is 11.6 Å². The quantitative estimate of drug-likeness (QED) is 0.865. The third-order valence-electron chi connectivity index (χ3n) is 2.96. The van der Waals surface area contributed by atoms with Crippen LogP contribution in [0.1, 0.15) is 26.2 Å². The molecule has 0 radical (unpaired) electrons. The highest BCUT2D eigenvalue weighted by atomic mass is 35.5. The molecule has 0 spiro atoms. The van der Waals surface area contributed by atoms with Crippen LogP contribution in [0.4, 0.5) is 0 Å². The predicted molar refractivity (Wildman–Crippen MR) is 73.4 cm³/mol. The molecule has 18 heavy (non-hydrogen) atoms. The molecule has 0 amide bonds. The van der Waals surface area contributed by atoms with Crippen LogP contribution in [-0.2, 0) is 6.54 Å². The van der Waals surface area contributed by atoms with Crippen LogP contribution in [0.5, 0.6) is 0 Å². The highest BCUT2D eigenvalue weighted by molar-refractivity contribution is 6.35. The number of halogens is 1. The molecule has 4 nitrogen and oxygen atoms in total. The van der Waals surface area contributed by atoms with Crippen LogP contribution in [0, 0.1) is 0 Å². The van der Waals surface area contributed by atoms with Gasteiger partial charge in [0.25, 0.3) is 5.56 Å². The van der Waals surface area contributed by atoms with E-state index >= 15 is 0 Å². The summed E-state index contributed by atoms with van der Waals surface area (Å²) in [6.07, 6.45) is 3.04. The van der Waals surface area contributed by atoms with Gasteiger partial charge in [-0.05, 0) is 18.6 Å². The van der Waals surface area contributed by atoms with Crippen LogP contribution in [0.25, 0.3) is 10.9 Å². The molecule has 0 aliphatic heterocycles. The molecule has 96 valence electrons. The maximum absolute atomic E-state index is 11.8. The van der Waals surface area contributed by atoms with Crippen LogP contribution in [0.15, 0.2) is 27.8 Å². The van der Waals surface area contributed by atoms with Crippen molar-refractivity contribution in [1.82, 2.24) is 9.55 Å². The first-order valence-corrected chi connectivity index (χ1v) is 6.44. The lowest BCUT2D eigenvalue weighted by atomic mass is 10.2. The number of aromatic nitrogens is 2. The summed E-state index contributed by atoms with van der Waals surface area (Å²) in [5.41, 5.74) is -0.189. The molecule has 0 saturated carbocycles. The summed E-state index contributed by atoms with van der Waals surface area (Å²) in [5, 5.41) is 0.758. The summed E-state index contributed by atoms with van der Waals surface area (Å²) in [4.78, 5) is 25.9. The van der Waals surface area contributed by atoms with Crippen molar-refractivity contribution >= 4 is 22.5 Å². The fraction of sp³-hybridized carbons (Fsp3) is 0.385. The Kier molecular flexibility index (Phi) is 3.87. The minimum Gasteiger partial charge on any atom is -0.293 e. The fourth-order valence-electron chi connectivity index (χ4n) is 2.04. The van der Waals surface area contributed by atoms with Crippen molar-refractivity contribution in [2.75, 3.05) is 0 Å². The maximum atomic E-state index is 11.8. The monoisotopic (exact) mass is 266 g/mol. The van der Waals surface area contributed by atoms with Gasteiger partial charge in [-0.2, -0.15) is 0 Å². The van der Waals surface area contributed by atoms with Crippen molar-refractivity contribution in [3.05, 3.63) is 44.1 Å². The Balaban J connectivity index is 2.62. The SMILES string of the molecule is CCCCCn1c(=O)[nH]c(=O)c2c(Cl)cccc21. The molecule has 0 fully saturated rings. The van der Waals surface area contributed by atoms with Gasteiger partial charge in [-0.15, -0.1) is 0 Å². The number of hydrogen-bond donors (Lipinski definition) is 1. The smallest absolute Gasteiger partial charge is 0.293 e. The fourth-order valence-corrected chi connectivity index (χ4v) is 2.30. The lowest BCUT2D eigenvalue weighted by Crippen LogP contribution is -2.30. The zero-order chi connectivity index (χ0) is 13.1. The zero-order valence-corrected chi connectivity index (χ0v) is 11.0. The highest BCUT2D eigenvalue weighted by Gasteiger charge is 2.09. The molecule has 1 heterocycles. The van der Waals surface area contributed by atoms with Gasteiger partial charge in [0, 0.05) is 6.54 Å². The third kappa shape index (κ3) is 2.34. The van der Waals surface area contributed by atoms with Gasteiger partial charge in [0.05, 0.1) is 15.9 Å². The van der Waals surface area contributed by atoms with E-state index in [1.165, 1.54) is 0 Å². The van der Waals surface area contributed by atoms with Crippen molar-refractivity contribution in [1.29, 1.82) is 0 Å². The predicted octanol–water partition coefficient (Wildman–Crippen LogP) is 2.53. The molecule has 0 aliphatic carbocycles. The normalized spacial score (nSPS) is 11.0. The molecule has 1 aromatic heterocycles. The molecule has 0 bridgehead atoms. The second kappa shape index (κ2) is 5.40. The van der Waals surface area contributed by atoms with Gasteiger partial charge >= 0.3 is 5.69 Å². The Morgan fingerprint density at radius 3 is 2.78 bits per heavy atom. The number of aryl methyl sites for hydroxylation is 1. The van der Waals surface area contributed by atoms with Crippen molar-refractivity contribution in [3.63, 3.8) is 0 Å². The van der Waals surface area contributed by atoms with Crippen LogP contribution < -0.4 is 11.2 Å². The van der Waals surface area contributed by atoms with Crippen molar-refractivity contribution in [2.45, 2.75) is 32.7 Å². The maximum Gasteiger partial charge on any atom is 0.328 e. The van der Waals surface area contributed by atoms with E-state index in [2.05, 4.69) is 11.9 Å². The Hall–Kier alpha value is -1.55. The van der Waals surface area contributed by atoms with E-state index in [1.807, 2.05) is 0 Å². The molecule has 5 heteroatoms. The average Bonchev–Trinajstić information content (AvgIpc) is 2.33. The van der Waals surface area contributed by atoms with E-state index in [0.29, 0.717) is 22.5 Å². The van der Waals surface area contributed by atoms with Gasteiger partial charge in [0.2, 0.25) is 0 Å². The summed E-state index contributed by atoms with van der Waals surface area (Å²) >= 11 is 6.01. The number of hydrogen-bond acceptors (Lipinski definition) is 2. The van der Waals surface area contributed by atoms with Gasteiger partial charge < -0.3 is 0 Å². The number of fused-ring (bicyclic) bond motifs is 1. The summed E-state index contributed by atoms with van der Waals surface area (Å²) in [5.74, 6) is 0. The Bertz CT molecular complexity index is 673. The standard InChI is InChI=1S/C13H15ClN2O2/c1-2-3-4-8-16-10-7-5-6-9(14)11(10)12(17)15-13(16)18/h5-7H,2-4,8H2,1H3,(H,15,17,18). The van der Waals surface area contributed by atoms with Crippen LogP contribution in [0.2, 0.25) is 5.02 Å². The first kappa shape index (κ1) is 12.9. The Morgan fingerprint density at radius 1 is 1.28 bits per heavy atom. The van der Waals surface area contributed by atoms with E-state index < -0.39 is 5.56 Å². The Morgan fingerprint density at radius 2 is 2.06 bits per heavy atom. The lowest BCUT2D eigenvalue weighted by Gasteiger charge is -2.09. The van der Waals surface area contributed by atoms with Crippen LogP contribution in [-0.4, -0.2) is 9.55 Å². The summed E-state index contributed by atoms with van der Waals surface area (Å²) in [6.45, 7) is 2.70. The molecule has 0 atom stereocenters. The van der Waals surface area contributed by atoms with Crippen LogP contribution in [0.3, 0.4) is 0 Å². The summed E-state index contributed by atoms with van der Waals surface area (Å²) < 4.78 is 1.58. The van der Waals surface area contributed by atoms with Gasteiger partial charge in [0.1, 0.15) is 0 Å². The van der Waals surface area contributed by atoms with Gasteiger partial charge in [-0.25, -0.2) is 4.79 Å². The number of aromatic amines is 1. The van der Waals surface area contributed by atoms with Crippen molar-refractivity contribution in [3.8, 4) is 0 Å². The molecule has 2 rings (SSSR count). The molecule has 0 saturated heterocycles. The van der Waals surface area contributed by atoms with Gasteiger partial charge in [0.15, 0.2) is 0 Å². The van der Waals surface area contributed by atoms with Gasteiger partial charge in [-0.1, -0.05) is 37.4 Å². The minimum absolute atomic E-state index is 0.370. The number of nitrogens with one attached hydrogen (secondary N) is 1. The second-order valence-electron chi connectivity index (χ2n) is 4.25. The van der Waals surface area contributed by atoms with Crippen molar-refractivity contribution in [2.24, 2.45) is 0 Å². The van der Waals surface area contributed by atoms with E-state index in [9.17, 15) is 9.59 Å². The van der Waals surface area contributed by atoms with E-state index in [1.54, 1.807) is 22.8 Å². The number of unbranched alkanes of at least 4 members (excludes halogenated alkanes) is 2. The summed E-state index contributed by atoms with van der Waals surface area (Å²) in [6, 6.07) is 5.16. The number of H-pyrrole nitrogens is 1. The molecular formula is C13H15ClN2O2. The number of nitrogens with zero attached hydrogens (tertiary/aromatic N) is 1. The molecule has 1 N–H and O–H groups in total. The number of benzene rings is 1. The molecule has 2 aromatic rings. The largest absolute Gasteiger partial charge is 0.328 e. The molecule has 0 aliphatic rings. The first-order chi connectivity index (χ1) is 8.65. The number of rotatable bonds is 4. The average molecular weight is 267 g/mol. The lowest BCUT2D eigenvalue weighted by molar-refractivity contribution is 0.591. The zero-order valence-electron chi connectivity index (χ0n) is 10.2. The molecular weight excluding hydrogens is 252 g/mol. The van der Waals surface area contributed by atoms with Crippen LogP contribution >= 0.6 is 11.6 Å². The van der Waals surface area contributed by atoms with Crippen molar-refractivity contribution < 1.29 is 0 Å². The molecule has 0 unspecified atom stereocenters. The Labute approximate surface area is 109 Å². The second-order valence-corrected chi connectivity index (χ2v) is 4.66. The summed E-state index contributed by atoms with van der Waals surface area (Å²) in [7, 11) is 0. The highest BCUT2D eigenvalue weighted by Crippen LogP contribution is 2.18. The topological polar surface area (TPSA) is 54.9 Å². The van der Waals surface area contributed by atoms with E-state index in [-0.39, 0.29) is 5.69 Å².